The fourth-order valence-electron chi connectivity index (χ4n) is 3.21. The molecule has 0 saturated heterocycles. The second-order valence-corrected chi connectivity index (χ2v) is 6.95. The Morgan fingerprint density at radius 3 is 2.80 bits per heavy atom. The minimum absolute atomic E-state index is 0.221. The van der Waals surface area contributed by atoms with Gasteiger partial charge in [0, 0.05) is 31.8 Å². The van der Waals surface area contributed by atoms with Crippen molar-refractivity contribution in [3.05, 3.63) is 41.5 Å². The fraction of sp³-hybridized carbons (Fsp3) is 0.500. The highest BCUT2D eigenvalue weighted by atomic mass is 16.5. The molecule has 1 aromatic carbocycles. The molecule has 3 rings (SSSR count). The van der Waals surface area contributed by atoms with Crippen LogP contribution in [0, 0.1) is 0 Å². The molecule has 3 N–H and O–H groups in total. The van der Waals surface area contributed by atoms with Crippen LogP contribution in [-0.2, 0) is 35.6 Å². The summed E-state index contributed by atoms with van der Waals surface area (Å²) in [6.07, 6.45) is 1.34. The molecule has 1 amide bonds. The van der Waals surface area contributed by atoms with Crippen molar-refractivity contribution in [3.63, 3.8) is 0 Å². The number of ether oxygens (including phenoxy) is 2. The molecule has 162 valence electrons. The van der Waals surface area contributed by atoms with Gasteiger partial charge in [0.2, 0.25) is 0 Å². The number of aryl methyl sites for hydroxylation is 1. The number of hydrogen-bond acceptors (Lipinski definition) is 6. The first-order valence-electron chi connectivity index (χ1n) is 10.0. The minimum Gasteiger partial charge on any atom is -0.453 e. The van der Waals surface area contributed by atoms with Gasteiger partial charge in [0.05, 0.1) is 20.2 Å². The van der Waals surface area contributed by atoms with E-state index in [-0.39, 0.29) is 6.04 Å². The van der Waals surface area contributed by atoms with Crippen LogP contribution in [0.5, 0.6) is 0 Å². The summed E-state index contributed by atoms with van der Waals surface area (Å²) >= 11 is 0. The molecule has 1 unspecified atom stereocenters. The van der Waals surface area contributed by atoms with Gasteiger partial charge >= 0.3 is 6.09 Å². The fourth-order valence-corrected chi connectivity index (χ4v) is 3.21. The average Bonchev–Trinajstić information content (AvgIpc) is 3.15. The van der Waals surface area contributed by atoms with E-state index in [0.717, 1.165) is 49.1 Å². The number of nitrogens with zero attached hydrogens (tertiary/aromatic N) is 4. The summed E-state index contributed by atoms with van der Waals surface area (Å²) in [5.41, 5.74) is 1.72. The minimum atomic E-state index is -0.489. The quantitative estimate of drug-likeness (QED) is 0.465. The van der Waals surface area contributed by atoms with Gasteiger partial charge in [-0.15, -0.1) is 0 Å². The zero-order valence-electron chi connectivity index (χ0n) is 17.6. The van der Waals surface area contributed by atoms with Crippen molar-refractivity contribution in [3.8, 4) is 0 Å². The molecule has 1 aliphatic rings. The molecule has 2 aromatic rings. The highest BCUT2D eigenvalue weighted by Crippen LogP contribution is 2.14. The summed E-state index contributed by atoms with van der Waals surface area (Å²) in [5.74, 6) is 2.49. The number of amides is 1. The molecule has 0 radical (unpaired) electrons. The first kappa shape index (κ1) is 21.6. The smallest absolute Gasteiger partial charge is 0.411 e. The van der Waals surface area contributed by atoms with Crippen LogP contribution >= 0.6 is 0 Å². The van der Waals surface area contributed by atoms with Crippen LogP contribution in [0.4, 0.5) is 10.5 Å². The Morgan fingerprint density at radius 1 is 1.30 bits per heavy atom. The summed E-state index contributed by atoms with van der Waals surface area (Å²) in [4.78, 5) is 20.5. The van der Waals surface area contributed by atoms with Crippen LogP contribution in [0.3, 0.4) is 0 Å². The van der Waals surface area contributed by atoms with Gasteiger partial charge < -0.3 is 20.1 Å². The molecule has 10 heteroatoms. The predicted octanol–water partition coefficient (Wildman–Crippen LogP) is 1.67. The molecule has 0 fully saturated rings. The number of aromatic nitrogens is 3. The molecule has 30 heavy (non-hydrogen) atoms. The summed E-state index contributed by atoms with van der Waals surface area (Å²) in [6, 6.07) is 7.73. The number of nitrogens with one attached hydrogen (secondary N) is 3. The second kappa shape index (κ2) is 10.6. The maximum Gasteiger partial charge on any atom is 0.411 e. The van der Waals surface area contributed by atoms with E-state index >= 15 is 0 Å². The second-order valence-electron chi connectivity index (χ2n) is 6.95. The van der Waals surface area contributed by atoms with Crippen LogP contribution < -0.4 is 16.0 Å². The molecular formula is C20H29N7O3. The summed E-state index contributed by atoms with van der Waals surface area (Å²) in [6.45, 7) is 4.50. The maximum atomic E-state index is 11.3. The van der Waals surface area contributed by atoms with Crippen LogP contribution in [0.25, 0.3) is 0 Å². The van der Waals surface area contributed by atoms with Crippen LogP contribution in [-0.4, -0.2) is 53.6 Å². The topological polar surface area (TPSA) is 115 Å². The number of methoxy groups -OCH3 is 2. The number of anilines is 1. The number of aliphatic imine (C=N–C) groups is 1. The average molecular weight is 415 g/mol. The zero-order chi connectivity index (χ0) is 21.3. The molecule has 1 atom stereocenters. The normalized spacial score (nSPS) is 16.0. The SMILES string of the molecule is CCNC(=NCc1ccc(NC(=O)OC)cc1)NC1CCc2nc(COC)nn2C1. The zero-order valence-corrected chi connectivity index (χ0v) is 17.6. The van der Waals surface area contributed by atoms with Gasteiger partial charge in [-0.1, -0.05) is 12.1 Å². The van der Waals surface area contributed by atoms with Gasteiger partial charge in [-0.25, -0.2) is 19.5 Å². The molecular weight excluding hydrogens is 386 g/mol. The summed E-state index contributed by atoms with van der Waals surface area (Å²) < 4.78 is 11.7. The van der Waals surface area contributed by atoms with E-state index in [0.29, 0.717) is 18.8 Å². The summed E-state index contributed by atoms with van der Waals surface area (Å²) in [5, 5.41) is 13.9. The lowest BCUT2D eigenvalue weighted by atomic mass is 10.1. The van der Waals surface area contributed by atoms with E-state index in [9.17, 15) is 4.79 Å². The predicted molar refractivity (Wildman–Crippen MR) is 113 cm³/mol. The standard InChI is InChI=1S/C20H29N7O3/c1-4-21-19(22-11-14-5-7-15(8-6-14)24-20(28)30-3)23-16-9-10-18-25-17(13-29-2)26-27(18)12-16/h5-8,16H,4,9-13H2,1-3H3,(H,24,28)(H2,21,22,23). The third-order valence-corrected chi connectivity index (χ3v) is 4.67. The highest BCUT2D eigenvalue weighted by molar-refractivity contribution is 5.84. The Bertz CT molecular complexity index is 864. The van der Waals surface area contributed by atoms with Crippen molar-refractivity contribution in [1.82, 2.24) is 25.4 Å². The summed E-state index contributed by atoms with van der Waals surface area (Å²) in [7, 11) is 2.98. The van der Waals surface area contributed by atoms with Crippen LogP contribution in [0.1, 0.15) is 30.6 Å². The first-order valence-corrected chi connectivity index (χ1v) is 10.0. The maximum absolute atomic E-state index is 11.3. The van der Waals surface area contributed by atoms with E-state index in [1.807, 2.05) is 35.9 Å². The van der Waals surface area contributed by atoms with Crippen molar-refractivity contribution >= 4 is 17.7 Å². The van der Waals surface area contributed by atoms with Crippen LogP contribution in [0.15, 0.2) is 29.3 Å². The number of benzene rings is 1. The molecule has 0 bridgehead atoms. The van der Waals surface area contributed by atoms with Crippen molar-refractivity contribution in [2.75, 3.05) is 26.1 Å². The lowest BCUT2D eigenvalue weighted by Crippen LogP contribution is -2.47. The number of rotatable bonds is 7. The van der Waals surface area contributed by atoms with Gasteiger partial charge in [-0.05, 0) is 31.0 Å². The van der Waals surface area contributed by atoms with Gasteiger partial charge in [0.15, 0.2) is 11.8 Å². The number of carbonyl (C=O) groups excluding carboxylic acids is 1. The third kappa shape index (κ3) is 5.93. The van der Waals surface area contributed by atoms with Gasteiger partial charge in [0.1, 0.15) is 12.4 Å². The van der Waals surface area contributed by atoms with Crippen molar-refractivity contribution in [1.29, 1.82) is 0 Å². The van der Waals surface area contributed by atoms with E-state index in [1.165, 1.54) is 7.11 Å². The Balaban J connectivity index is 1.58. The van der Waals surface area contributed by atoms with Gasteiger partial charge in [0.25, 0.3) is 0 Å². The number of fused-ring (bicyclic) bond motifs is 1. The number of guanidine groups is 1. The molecule has 0 aliphatic carbocycles. The lowest BCUT2D eigenvalue weighted by Gasteiger charge is -2.25. The van der Waals surface area contributed by atoms with E-state index < -0.39 is 6.09 Å². The van der Waals surface area contributed by atoms with Crippen molar-refractivity contribution in [2.24, 2.45) is 4.99 Å². The van der Waals surface area contributed by atoms with E-state index in [4.69, 9.17) is 9.73 Å². The number of hydrogen-bond donors (Lipinski definition) is 3. The Hall–Kier alpha value is -3.14. The molecule has 10 nitrogen and oxygen atoms in total. The molecule has 0 spiro atoms. The van der Waals surface area contributed by atoms with Gasteiger partial charge in [-0.2, -0.15) is 5.10 Å². The monoisotopic (exact) mass is 415 g/mol. The third-order valence-electron chi connectivity index (χ3n) is 4.67. The van der Waals surface area contributed by atoms with Crippen LogP contribution in [0.2, 0.25) is 0 Å². The van der Waals surface area contributed by atoms with E-state index in [2.05, 4.69) is 30.8 Å². The molecule has 1 aromatic heterocycles. The van der Waals surface area contributed by atoms with E-state index in [1.54, 1.807) is 7.11 Å². The van der Waals surface area contributed by atoms with Crippen molar-refractivity contribution < 1.29 is 14.3 Å². The number of carbonyl (C=O) groups is 1. The largest absolute Gasteiger partial charge is 0.453 e. The Labute approximate surface area is 176 Å². The highest BCUT2D eigenvalue weighted by Gasteiger charge is 2.22. The first-order chi connectivity index (χ1) is 14.6. The Morgan fingerprint density at radius 2 is 2.10 bits per heavy atom. The molecule has 1 aliphatic heterocycles. The molecule has 2 heterocycles. The Kier molecular flexibility index (Phi) is 7.61. The molecule has 0 saturated carbocycles. The van der Waals surface area contributed by atoms with Gasteiger partial charge in [-0.3, -0.25) is 5.32 Å². The lowest BCUT2D eigenvalue weighted by molar-refractivity contribution is 0.177. The van der Waals surface area contributed by atoms with Crippen molar-refractivity contribution in [2.45, 2.75) is 45.5 Å².